The molecular formula is C48H86O4S6. The van der Waals surface area contributed by atoms with Crippen molar-refractivity contribution in [2.24, 2.45) is 0 Å². The van der Waals surface area contributed by atoms with Gasteiger partial charge < -0.3 is 0 Å². The third-order valence-corrected chi connectivity index (χ3v) is 20.3. The molecule has 0 fully saturated rings. The van der Waals surface area contributed by atoms with Crippen molar-refractivity contribution < 1.29 is 16.8 Å². The summed E-state index contributed by atoms with van der Waals surface area (Å²) in [6.45, 7) is 8.98. The van der Waals surface area contributed by atoms with Gasteiger partial charge in [-0.2, -0.15) is 0 Å². The van der Waals surface area contributed by atoms with Crippen molar-refractivity contribution in [3.63, 3.8) is 0 Å². The molecule has 0 atom stereocenters. The molecule has 10 heteroatoms. The number of sulfone groups is 2. The van der Waals surface area contributed by atoms with Gasteiger partial charge in [0.2, 0.25) is 0 Å². The smallest absolute Gasteiger partial charge is 0.181 e. The molecule has 0 amide bonds. The summed E-state index contributed by atoms with van der Waals surface area (Å²) in [6.07, 6.45) is 37.7. The van der Waals surface area contributed by atoms with Crippen LogP contribution in [0.15, 0.2) is 30.3 Å². The predicted octanol–water partition coefficient (Wildman–Crippen LogP) is 17.8. The van der Waals surface area contributed by atoms with E-state index in [4.69, 9.17) is 0 Å². The Morgan fingerprint density at radius 3 is 1.17 bits per heavy atom. The van der Waals surface area contributed by atoms with Gasteiger partial charge in [0.1, 0.15) is 4.90 Å². The molecule has 2 aromatic rings. The number of unbranched alkanes of at least 4 members (excludes halogenated alkanes) is 28. The lowest BCUT2D eigenvalue weighted by molar-refractivity contribution is 0.566. The van der Waals surface area contributed by atoms with E-state index in [0.717, 1.165) is 61.3 Å². The van der Waals surface area contributed by atoms with Crippen LogP contribution in [0.4, 0.5) is 0 Å². The minimum absolute atomic E-state index is 0.0120. The average Bonchev–Trinajstić information content (AvgIpc) is 3.84. The average molecular weight is 920 g/mol. The first-order chi connectivity index (χ1) is 28.2. The Balaban J connectivity index is 2.31. The first-order valence-corrected chi connectivity index (χ1v) is 31.2. The Kier molecular flexibility index (Phi) is 32.2. The summed E-state index contributed by atoms with van der Waals surface area (Å²) >= 11 is 6.76. The molecule has 2 heterocycles. The normalized spacial score (nSPS) is 12.3. The molecule has 0 aliphatic heterocycles. The standard InChI is InChI=1S/C48H86O4S6/c1-5-9-13-17-21-25-29-33-37-53-43-41-55-46(45(43)54-38-34-30-26-22-18-14-10-6-2)47-48(58(51,52)40-36-32-28-24-20-16-12-8-4)44(42-56-47)57(49,50)39-35-31-27-23-19-15-11-7-3/h41-42H,5-40H2,1-4H3. The molecular weight excluding hydrogens is 833 g/mol. The summed E-state index contributed by atoms with van der Waals surface area (Å²) in [5, 5.41) is 3.90. The molecule has 0 spiro atoms. The van der Waals surface area contributed by atoms with Crippen molar-refractivity contribution in [2.45, 2.75) is 253 Å². The van der Waals surface area contributed by atoms with Crippen LogP contribution in [0.1, 0.15) is 233 Å². The maximum Gasteiger partial charge on any atom is 0.181 e. The second kappa shape index (κ2) is 34.5. The Labute approximate surface area is 376 Å². The van der Waals surface area contributed by atoms with E-state index in [-0.39, 0.29) is 21.3 Å². The van der Waals surface area contributed by atoms with E-state index < -0.39 is 19.7 Å². The molecule has 0 N–H and O–H groups in total. The first kappa shape index (κ1) is 54.1. The highest BCUT2D eigenvalue weighted by Crippen LogP contribution is 2.50. The molecule has 0 bridgehead atoms. The lowest BCUT2D eigenvalue weighted by Gasteiger charge is -2.12. The van der Waals surface area contributed by atoms with Gasteiger partial charge in [0, 0.05) is 20.6 Å². The van der Waals surface area contributed by atoms with Gasteiger partial charge in [0.15, 0.2) is 19.7 Å². The summed E-state index contributed by atoms with van der Waals surface area (Å²) in [7, 11) is -7.58. The topological polar surface area (TPSA) is 68.3 Å². The van der Waals surface area contributed by atoms with Crippen molar-refractivity contribution in [1.82, 2.24) is 0 Å². The van der Waals surface area contributed by atoms with Crippen molar-refractivity contribution >= 4 is 65.9 Å². The van der Waals surface area contributed by atoms with Crippen LogP contribution in [0, 0.1) is 0 Å². The van der Waals surface area contributed by atoms with Crippen LogP contribution in [0.3, 0.4) is 0 Å². The van der Waals surface area contributed by atoms with E-state index in [1.165, 1.54) is 169 Å². The Morgan fingerprint density at radius 2 is 0.741 bits per heavy atom. The van der Waals surface area contributed by atoms with Gasteiger partial charge in [-0.1, -0.05) is 207 Å². The van der Waals surface area contributed by atoms with Gasteiger partial charge >= 0.3 is 0 Å². The molecule has 2 aromatic heterocycles. The van der Waals surface area contributed by atoms with Crippen LogP contribution in [-0.4, -0.2) is 39.8 Å². The fourth-order valence-corrected chi connectivity index (χ4v) is 17.5. The number of hydrogen-bond acceptors (Lipinski definition) is 8. The van der Waals surface area contributed by atoms with Crippen molar-refractivity contribution in [3.05, 3.63) is 10.8 Å². The fourth-order valence-electron chi connectivity index (χ4n) is 7.61. The van der Waals surface area contributed by atoms with Gasteiger partial charge in [-0.05, 0) is 37.2 Å². The highest BCUT2D eigenvalue weighted by Gasteiger charge is 2.33. The molecule has 0 aliphatic rings. The molecule has 0 aliphatic carbocycles. The maximum atomic E-state index is 14.5. The molecule has 0 unspecified atom stereocenters. The summed E-state index contributed by atoms with van der Waals surface area (Å²) in [5.41, 5.74) is 0. The second-order valence-corrected chi connectivity index (χ2v) is 24.9. The Bertz CT molecular complexity index is 1490. The maximum absolute atomic E-state index is 14.5. The van der Waals surface area contributed by atoms with E-state index in [1.54, 1.807) is 16.7 Å². The van der Waals surface area contributed by atoms with E-state index in [0.29, 0.717) is 17.7 Å². The molecule has 2 rings (SSSR count). The summed E-state index contributed by atoms with van der Waals surface area (Å²) in [5.74, 6) is 2.09. The third-order valence-electron chi connectivity index (χ3n) is 11.3. The number of thiophene rings is 2. The monoisotopic (exact) mass is 918 g/mol. The zero-order chi connectivity index (χ0) is 42.2. The molecule has 4 nitrogen and oxygen atoms in total. The van der Waals surface area contributed by atoms with E-state index in [1.807, 2.05) is 23.5 Å². The van der Waals surface area contributed by atoms with E-state index in [2.05, 4.69) is 33.1 Å². The van der Waals surface area contributed by atoms with Crippen LogP contribution in [0.25, 0.3) is 9.75 Å². The summed E-state index contributed by atoms with van der Waals surface area (Å²) in [6, 6.07) is 0. The molecule has 0 aromatic carbocycles. The zero-order valence-corrected chi connectivity index (χ0v) is 42.6. The second-order valence-electron chi connectivity index (χ2n) is 16.8. The van der Waals surface area contributed by atoms with Gasteiger partial charge in [-0.25, -0.2) is 16.8 Å². The minimum atomic E-state index is -3.82. The van der Waals surface area contributed by atoms with Crippen molar-refractivity contribution in [1.29, 1.82) is 0 Å². The fraction of sp³-hybridized carbons (Fsp3) is 0.833. The first-order valence-electron chi connectivity index (χ1n) is 24.2. The third kappa shape index (κ3) is 22.9. The molecule has 0 radical (unpaired) electrons. The quantitative estimate of drug-likeness (QED) is 0.0489. The lowest BCUT2D eigenvalue weighted by Crippen LogP contribution is -2.14. The lowest BCUT2D eigenvalue weighted by atomic mass is 10.1. The Hall–Kier alpha value is -0.000000000000000222. The molecule has 338 valence electrons. The predicted molar refractivity (Wildman–Crippen MR) is 264 cm³/mol. The molecule has 0 saturated carbocycles. The number of thioether (sulfide) groups is 2. The van der Waals surface area contributed by atoms with Crippen molar-refractivity contribution in [3.8, 4) is 9.75 Å². The van der Waals surface area contributed by atoms with Gasteiger partial charge in [-0.15, -0.1) is 46.2 Å². The van der Waals surface area contributed by atoms with Crippen LogP contribution in [-0.2, 0) is 19.7 Å². The molecule has 58 heavy (non-hydrogen) atoms. The SMILES string of the molecule is CCCCCCCCCCSc1csc(-c2scc(S(=O)(=O)CCCCCCCCCC)c2S(=O)(=O)CCCCCCCCCC)c1SCCCCCCCCCC. The highest BCUT2D eigenvalue weighted by molar-refractivity contribution is 8.02. The van der Waals surface area contributed by atoms with E-state index >= 15 is 0 Å². The van der Waals surface area contributed by atoms with Crippen LogP contribution in [0.2, 0.25) is 0 Å². The zero-order valence-electron chi connectivity index (χ0n) is 37.7. The van der Waals surface area contributed by atoms with Crippen LogP contribution >= 0.6 is 46.2 Å². The van der Waals surface area contributed by atoms with Crippen molar-refractivity contribution in [2.75, 3.05) is 23.0 Å². The van der Waals surface area contributed by atoms with Crippen LogP contribution in [0.5, 0.6) is 0 Å². The van der Waals surface area contributed by atoms with E-state index in [9.17, 15) is 16.8 Å². The van der Waals surface area contributed by atoms with Gasteiger partial charge in [0.05, 0.1) is 26.2 Å². The number of rotatable bonds is 41. The Morgan fingerprint density at radius 1 is 0.397 bits per heavy atom. The summed E-state index contributed by atoms with van der Waals surface area (Å²) in [4.78, 5) is 4.23. The molecule has 0 saturated heterocycles. The largest absolute Gasteiger partial charge is 0.224 e. The summed E-state index contributed by atoms with van der Waals surface area (Å²) < 4.78 is 57.1. The minimum Gasteiger partial charge on any atom is -0.224 e. The highest BCUT2D eigenvalue weighted by atomic mass is 32.2. The van der Waals surface area contributed by atoms with Gasteiger partial charge in [0.25, 0.3) is 0 Å². The van der Waals surface area contributed by atoms with Gasteiger partial charge in [-0.3, -0.25) is 0 Å². The number of hydrogen-bond donors (Lipinski definition) is 0. The van der Waals surface area contributed by atoms with Crippen LogP contribution < -0.4 is 0 Å².